The van der Waals surface area contributed by atoms with Crippen LogP contribution in [0.4, 0.5) is 0 Å². The Balaban J connectivity index is 1.79. The fourth-order valence-corrected chi connectivity index (χ4v) is 4.23. The summed E-state index contributed by atoms with van der Waals surface area (Å²) in [5.41, 5.74) is 0. The first kappa shape index (κ1) is 12.4. The van der Waals surface area contributed by atoms with Gasteiger partial charge in [0.2, 0.25) is 0 Å². The van der Waals surface area contributed by atoms with Crippen LogP contribution in [0.25, 0.3) is 0 Å². The van der Waals surface area contributed by atoms with Gasteiger partial charge < -0.3 is 9.84 Å². The first-order valence-electron chi connectivity index (χ1n) is 7.35. The highest BCUT2D eigenvalue weighted by Crippen LogP contribution is 2.42. The zero-order valence-electron chi connectivity index (χ0n) is 10.9. The molecular formula is C14H23NO3. The Hall–Kier alpha value is -0.610. The highest BCUT2D eigenvalue weighted by molar-refractivity contribution is 5.74. The van der Waals surface area contributed by atoms with Crippen molar-refractivity contribution in [1.82, 2.24) is 4.90 Å². The summed E-state index contributed by atoms with van der Waals surface area (Å²) in [6.07, 6.45) is 7.87. The molecule has 0 bridgehead atoms. The number of hydrogen-bond acceptors (Lipinski definition) is 3. The van der Waals surface area contributed by atoms with Crippen molar-refractivity contribution in [2.45, 2.75) is 63.1 Å². The number of aliphatic carboxylic acids is 1. The largest absolute Gasteiger partial charge is 0.480 e. The van der Waals surface area contributed by atoms with Crippen molar-refractivity contribution in [1.29, 1.82) is 0 Å². The predicted molar refractivity (Wildman–Crippen MR) is 67.5 cm³/mol. The maximum Gasteiger partial charge on any atom is 0.320 e. The molecule has 2 saturated heterocycles. The molecule has 2 aliphatic heterocycles. The minimum atomic E-state index is -0.615. The molecule has 0 amide bonds. The zero-order valence-corrected chi connectivity index (χ0v) is 10.9. The lowest BCUT2D eigenvalue weighted by Gasteiger charge is -2.40. The van der Waals surface area contributed by atoms with Gasteiger partial charge in [-0.2, -0.15) is 0 Å². The van der Waals surface area contributed by atoms with Gasteiger partial charge in [-0.05, 0) is 38.0 Å². The number of carbonyl (C=O) groups is 1. The van der Waals surface area contributed by atoms with Crippen molar-refractivity contribution < 1.29 is 14.6 Å². The van der Waals surface area contributed by atoms with Crippen LogP contribution in [0.2, 0.25) is 0 Å². The highest BCUT2D eigenvalue weighted by atomic mass is 16.5. The molecule has 4 heteroatoms. The maximum atomic E-state index is 11.5. The number of fused-ring (bicyclic) bond motifs is 1. The molecule has 4 nitrogen and oxygen atoms in total. The molecule has 18 heavy (non-hydrogen) atoms. The van der Waals surface area contributed by atoms with Gasteiger partial charge in [0, 0.05) is 25.3 Å². The lowest BCUT2D eigenvalue weighted by Crippen LogP contribution is -2.50. The second kappa shape index (κ2) is 5.17. The van der Waals surface area contributed by atoms with Crippen LogP contribution in [0.3, 0.4) is 0 Å². The molecular weight excluding hydrogens is 230 g/mol. The second-order valence-electron chi connectivity index (χ2n) is 5.99. The third-order valence-electron chi connectivity index (χ3n) is 5.04. The standard InChI is InChI=1S/C14H23NO3/c16-14(17)13-9-10-3-1-2-4-12(10)15(13)11-5-7-18-8-6-11/h10-13H,1-9H2,(H,16,17). The van der Waals surface area contributed by atoms with Crippen molar-refractivity contribution in [2.24, 2.45) is 5.92 Å². The molecule has 3 atom stereocenters. The van der Waals surface area contributed by atoms with Crippen molar-refractivity contribution in [3.8, 4) is 0 Å². The van der Waals surface area contributed by atoms with Gasteiger partial charge in [0.05, 0.1) is 0 Å². The number of rotatable bonds is 2. The van der Waals surface area contributed by atoms with Gasteiger partial charge in [-0.15, -0.1) is 0 Å². The van der Waals surface area contributed by atoms with E-state index < -0.39 is 5.97 Å². The SMILES string of the molecule is O=C(O)C1CC2CCCCC2N1C1CCOCC1. The molecule has 0 radical (unpaired) electrons. The molecule has 1 N–H and O–H groups in total. The van der Waals surface area contributed by atoms with E-state index in [4.69, 9.17) is 4.74 Å². The number of ether oxygens (including phenoxy) is 1. The first-order valence-corrected chi connectivity index (χ1v) is 7.35. The topological polar surface area (TPSA) is 49.8 Å². The first-order chi connectivity index (χ1) is 8.77. The smallest absolute Gasteiger partial charge is 0.320 e. The van der Waals surface area contributed by atoms with E-state index in [1.54, 1.807) is 0 Å². The molecule has 0 aromatic rings. The van der Waals surface area contributed by atoms with Crippen LogP contribution in [0.15, 0.2) is 0 Å². The molecule has 3 rings (SSSR count). The average Bonchev–Trinajstić information content (AvgIpc) is 2.79. The molecule has 3 aliphatic rings. The van der Waals surface area contributed by atoms with Gasteiger partial charge >= 0.3 is 5.97 Å². The van der Waals surface area contributed by atoms with Gasteiger partial charge in [0.1, 0.15) is 6.04 Å². The van der Waals surface area contributed by atoms with E-state index in [-0.39, 0.29) is 6.04 Å². The summed E-state index contributed by atoms with van der Waals surface area (Å²) in [4.78, 5) is 13.9. The Bertz CT molecular complexity index is 314. The zero-order chi connectivity index (χ0) is 12.5. The fourth-order valence-electron chi connectivity index (χ4n) is 4.23. The molecule has 3 fully saturated rings. The van der Waals surface area contributed by atoms with E-state index >= 15 is 0 Å². The minimum Gasteiger partial charge on any atom is -0.480 e. The highest BCUT2D eigenvalue weighted by Gasteiger charge is 2.47. The summed E-state index contributed by atoms with van der Waals surface area (Å²) in [7, 11) is 0. The molecule has 102 valence electrons. The van der Waals surface area contributed by atoms with Crippen LogP contribution < -0.4 is 0 Å². The van der Waals surface area contributed by atoms with E-state index in [1.807, 2.05) is 0 Å². The molecule has 1 saturated carbocycles. The van der Waals surface area contributed by atoms with Crippen LogP contribution in [0.5, 0.6) is 0 Å². The second-order valence-corrected chi connectivity index (χ2v) is 5.99. The Morgan fingerprint density at radius 1 is 1.11 bits per heavy atom. The number of nitrogens with zero attached hydrogens (tertiary/aromatic N) is 1. The summed E-state index contributed by atoms with van der Waals surface area (Å²) in [6, 6.07) is 0.733. The van der Waals surface area contributed by atoms with E-state index in [0.29, 0.717) is 18.0 Å². The summed E-state index contributed by atoms with van der Waals surface area (Å²) < 4.78 is 5.42. The normalized spacial score (nSPS) is 38.6. The Labute approximate surface area is 108 Å². The number of carboxylic acid groups (broad SMARTS) is 1. The van der Waals surface area contributed by atoms with E-state index in [9.17, 15) is 9.90 Å². The maximum absolute atomic E-state index is 11.5. The predicted octanol–water partition coefficient (Wildman–Crippen LogP) is 1.88. The summed E-state index contributed by atoms with van der Waals surface area (Å²) >= 11 is 0. The Morgan fingerprint density at radius 3 is 2.56 bits per heavy atom. The minimum absolute atomic E-state index is 0.235. The van der Waals surface area contributed by atoms with Gasteiger partial charge in [0.15, 0.2) is 0 Å². The van der Waals surface area contributed by atoms with Crippen LogP contribution >= 0.6 is 0 Å². The lowest BCUT2D eigenvalue weighted by molar-refractivity contribution is -0.144. The summed E-state index contributed by atoms with van der Waals surface area (Å²) in [6.45, 7) is 1.59. The molecule has 0 spiro atoms. The van der Waals surface area contributed by atoms with E-state index in [0.717, 1.165) is 32.5 Å². The number of likely N-dealkylation sites (tertiary alicyclic amines) is 1. The van der Waals surface area contributed by atoms with Gasteiger partial charge in [0.25, 0.3) is 0 Å². The Kier molecular flexibility index (Phi) is 3.57. The Morgan fingerprint density at radius 2 is 1.83 bits per heavy atom. The molecule has 1 aliphatic carbocycles. The van der Waals surface area contributed by atoms with Crippen LogP contribution in [-0.2, 0) is 9.53 Å². The van der Waals surface area contributed by atoms with Gasteiger partial charge in [-0.25, -0.2) is 0 Å². The third kappa shape index (κ3) is 2.16. The van der Waals surface area contributed by atoms with Crippen molar-refractivity contribution in [3.05, 3.63) is 0 Å². The number of hydrogen-bond donors (Lipinski definition) is 1. The van der Waals surface area contributed by atoms with Crippen molar-refractivity contribution >= 4 is 5.97 Å². The van der Waals surface area contributed by atoms with E-state index in [2.05, 4.69) is 4.90 Å². The molecule has 0 aromatic heterocycles. The number of carboxylic acids is 1. The van der Waals surface area contributed by atoms with Crippen LogP contribution in [0.1, 0.15) is 44.9 Å². The fraction of sp³-hybridized carbons (Fsp3) is 0.929. The average molecular weight is 253 g/mol. The van der Waals surface area contributed by atoms with Crippen molar-refractivity contribution in [2.75, 3.05) is 13.2 Å². The lowest BCUT2D eigenvalue weighted by atomic mass is 9.84. The third-order valence-corrected chi connectivity index (χ3v) is 5.04. The van der Waals surface area contributed by atoms with E-state index in [1.165, 1.54) is 25.7 Å². The van der Waals surface area contributed by atoms with Gasteiger partial charge in [-0.1, -0.05) is 12.8 Å². The monoisotopic (exact) mass is 253 g/mol. The molecule has 3 unspecified atom stereocenters. The molecule has 2 heterocycles. The van der Waals surface area contributed by atoms with Crippen LogP contribution in [0, 0.1) is 5.92 Å². The summed E-state index contributed by atoms with van der Waals surface area (Å²) in [5.74, 6) is 0.0126. The molecule has 0 aromatic carbocycles. The summed E-state index contributed by atoms with van der Waals surface area (Å²) in [5, 5.41) is 9.49. The van der Waals surface area contributed by atoms with Crippen LogP contribution in [-0.4, -0.2) is 47.3 Å². The van der Waals surface area contributed by atoms with Gasteiger partial charge in [-0.3, -0.25) is 9.69 Å². The van der Waals surface area contributed by atoms with Crippen molar-refractivity contribution in [3.63, 3.8) is 0 Å². The quantitative estimate of drug-likeness (QED) is 0.816.